The van der Waals surface area contributed by atoms with Crippen molar-refractivity contribution < 1.29 is 0 Å². The van der Waals surface area contributed by atoms with E-state index >= 15 is 0 Å². The molecule has 0 spiro atoms. The van der Waals surface area contributed by atoms with E-state index in [1.165, 1.54) is 0 Å². The van der Waals surface area contributed by atoms with E-state index in [2.05, 4.69) is 15.5 Å². The highest BCUT2D eigenvalue weighted by molar-refractivity contribution is 5.82. The number of benzene rings is 2. The lowest BCUT2D eigenvalue weighted by atomic mass is 10.2. The van der Waals surface area contributed by atoms with Gasteiger partial charge in [-0.3, -0.25) is 0 Å². The van der Waals surface area contributed by atoms with Crippen LogP contribution in [0.3, 0.4) is 0 Å². The van der Waals surface area contributed by atoms with Gasteiger partial charge in [0.15, 0.2) is 0 Å². The van der Waals surface area contributed by atoms with Gasteiger partial charge in [-0.05, 0) is 11.1 Å². The minimum Gasteiger partial charge on any atom is -0.369 e. The Balaban J connectivity index is 1.84. The number of nitrogens with two attached hydrogens (primary N) is 1. The molecule has 96 valence electrons. The van der Waals surface area contributed by atoms with E-state index < -0.39 is 0 Å². The minimum absolute atomic E-state index is 0.302. The van der Waals surface area contributed by atoms with Gasteiger partial charge in [0.2, 0.25) is 5.96 Å². The zero-order valence-electron chi connectivity index (χ0n) is 10.5. The second-order valence-corrected chi connectivity index (χ2v) is 3.97. The fraction of sp³-hybridized carbons (Fsp3) is 0.0667. The highest BCUT2D eigenvalue weighted by atomic mass is 15.3. The maximum atomic E-state index is 5.71. The third-order valence-electron chi connectivity index (χ3n) is 2.47. The molecular weight excluding hydrogens is 236 g/mol. The minimum atomic E-state index is 0.302. The quantitative estimate of drug-likeness (QED) is 0.497. The second kappa shape index (κ2) is 6.96. The molecule has 0 radical (unpaired) electrons. The van der Waals surface area contributed by atoms with Crippen LogP contribution in [0.15, 0.2) is 70.8 Å². The molecule has 4 heteroatoms. The van der Waals surface area contributed by atoms with Crippen LogP contribution in [-0.4, -0.2) is 12.2 Å². The van der Waals surface area contributed by atoms with Gasteiger partial charge in [0.1, 0.15) is 0 Å². The smallest absolute Gasteiger partial charge is 0.209 e. The van der Waals surface area contributed by atoms with Crippen molar-refractivity contribution in [2.24, 2.45) is 15.8 Å². The van der Waals surface area contributed by atoms with E-state index in [0.717, 1.165) is 11.1 Å². The van der Waals surface area contributed by atoms with E-state index in [-0.39, 0.29) is 0 Å². The van der Waals surface area contributed by atoms with Crippen molar-refractivity contribution in [3.8, 4) is 0 Å². The molecule has 0 heterocycles. The van der Waals surface area contributed by atoms with E-state index in [1.807, 2.05) is 60.7 Å². The summed E-state index contributed by atoms with van der Waals surface area (Å²) in [5.41, 5.74) is 10.5. The summed E-state index contributed by atoms with van der Waals surface area (Å²) in [7, 11) is 0. The molecule has 2 aromatic rings. The SMILES string of the molecule is NC(=NCc1ccccc1)NN=Cc1ccccc1. The summed E-state index contributed by atoms with van der Waals surface area (Å²) in [6.45, 7) is 0.542. The largest absolute Gasteiger partial charge is 0.369 e. The zero-order valence-corrected chi connectivity index (χ0v) is 10.5. The van der Waals surface area contributed by atoms with E-state index in [1.54, 1.807) is 6.21 Å². The van der Waals surface area contributed by atoms with E-state index in [0.29, 0.717) is 12.5 Å². The van der Waals surface area contributed by atoms with Crippen molar-refractivity contribution in [2.75, 3.05) is 0 Å². The lowest BCUT2D eigenvalue weighted by Gasteiger charge is -2.00. The number of nitrogens with zero attached hydrogens (tertiary/aromatic N) is 2. The van der Waals surface area contributed by atoms with Gasteiger partial charge in [-0.25, -0.2) is 10.4 Å². The van der Waals surface area contributed by atoms with Crippen LogP contribution in [0, 0.1) is 0 Å². The number of rotatable bonds is 4. The maximum absolute atomic E-state index is 5.71. The van der Waals surface area contributed by atoms with Gasteiger partial charge in [0, 0.05) is 0 Å². The molecule has 0 saturated heterocycles. The lowest BCUT2D eigenvalue weighted by molar-refractivity contribution is 0.963. The average molecular weight is 252 g/mol. The highest BCUT2D eigenvalue weighted by Gasteiger charge is 1.90. The van der Waals surface area contributed by atoms with Crippen molar-refractivity contribution in [2.45, 2.75) is 6.54 Å². The first-order chi connectivity index (χ1) is 9.34. The molecular formula is C15H16N4. The molecule has 0 saturated carbocycles. The molecule has 4 nitrogen and oxygen atoms in total. The van der Waals surface area contributed by atoms with Crippen LogP contribution in [0.4, 0.5) is 0 Å². The summed E-state index contributed by atoms with van der Waals surface area (Å²) in [6.07, 6.45) is 1.70. The monoisotopic (exact) mass is 252 g/mol. The number of guanidine groups is 1. The summed E-state index contributed by atoms with van der Waals surface area (Å²) in [5.74, 6) is 0.302. The number of hydrogen-bond acceptors (Lipinski definition) is 2. The number of hydrazone groups is 1. The Labute approximate surface area is 112 Å². The molecule has 0 fully saturated rings. The predicted octanol–water partition coefficient (Wildman–Crippen LogP) is 2.12. The number of hydrogen-bond donors (Lipinski definition) is 2. The third kappa shape index (κ3) is 4.63. The number of aliphatic imine (C=N–C) groups is 1. The van der Waals surface area contributed by atoms with Crippen LogP contribution in [0.25, 0.3) is 0 Å². The Bertz CT molecular complexity index is 547. The summed E-state index contributed by atoms with van der Waals surface area (Å²) in [5, 5.41) is 4.02. The Morgan fingerprint density at radius 2 is 1.63 bits per heavy atom. The van der Waals surface area contributed by atoms with Crippen LogP contribution in [-0.2, 0) is 6.54 Å². The first-order valence-electron chi connectivity index (χ1n) is 6.02. The molecule has 0 atom stereocenters. The maximum Gasteiger partial charge on any atom is 0.209 e. The molecule has 0 amide bonds. The van der Waals surface area contributed by atoms with E-state index in [9.17, 15) is 0 Å². The van der Waals surface area contributed by atoms with Crippen molar-refractivity contribution in [1.29, 1.82) is 0 Å². The van der Waals surface area contributed by atoms with Gasteiger partial charge >= 0.3 is 0 Å². The standard InChI is InChI=1S/C15H16N4/c16-15(17-11-13-7-3-1-4-8-13)19-18-12-14-9-5-2-6-10-14/h1-10,12H,11H2,(H3,16,17,19). The van der Waals surface area contributed by atoms with Gasteiger partial charge in [-0.1, -0.05) is 60.7 Å². The van der Waals surface area contributed by atoms with Crippen molar-refractivity contribution in [3.63, 3.8) is 0 Å². The number of nitrogens with one attached hydrogen (secondary N) is 1. The van der Waals surface area contributed by atoms with Gasteiger partial charge < -0.3 is 5.73 Å². The van der Waals surface area contributed by atoms with Gasteiger partial charge in [-0.15, -0.1) is 0 Å². The van der Waals surface area contributed by atoms with Crippen molar-refractivity contribution in [3.05, 3.63) is 71.8 Å². The molecule has 0 aliphatic heterocycles. The first-order valence-corrected chi connectivity index (χ1v) is 6.02. The Kier molecular flexibility index (Phi) is 4.70. The molecule has 0 aliphatic rings. The molecule has 0 aliphatic carbocycles. The lowest BCUT2D eigenvalue weighted by Crippen LogP contribution is -2.27. The topological polar surface area (TPSA) is 62.8 Å². The van der Waals surface area contributed by atoms with Crippen LogP contribution in [0.1, 0.15) is 11.1 Å². The molecule has 2 aromatic carbocycles. The van der Waals surface area contributed by atoms with Gasteiger partial charge in [0.05, 0.1) is 12.8 Å². The Morgan fingerprint density at radius 1 is 1.00 bits per heavy atom. The summed E-state index contributed by atoms with van der Waals surface area (Å²) in [6, 6.07) is 19.7. The predicted molar refractivity (Wildman–Crippen MR) is 78.9 cm³/mol. The fourth-order valence-electron chi connectivity index (χ4n) is 1.51. The molecule has 2 rings (SSSR count). The van der Waals surface area contributed by atoms with Gasteiger partial charge in [0.25, 0.3) is 0 Å². The van der Waals surface area contributed by atoms with Crippen molar-refractivity contribution in [1.82, 2.24) is 5.43 Å². The second-order valence-electron chi connectivity index (χ2n) is 3.97. The molecule has 19 heavy (non-hydrogen) atoms. The highest BCUT2D eigenvalue weighted by Crippen LogP contribution is 1.99. The van der Waals surface area contributed by atoms with Crippen LogP contribution >= 0.6 is 0 Å². The molecule has 0 aromatic heterocycles. The van der Waals surface area contributed by atoms with Crippen LogP contribution in [0.2, 0.25) is 0 Å². The molecule has 0 bridgehead atoms. The fourth-order valence-corrected chi connectivity index (χ4v) is 1.51. The Morgan fingerprint density at radius 3 is 2.32 bits per heavy atom. The van der Waals surface area contributed by atoms with Crippen LogP contribution < -0.4 is 11.2 Å². The third-order valence-corrected chi connectivity index (χ3v) is 2.47. The summed E-state index contributed by atoms with van der Waals surface area (Å²) < 4.78 is 0. The first kappa shape index (κ1) is 12.8. The molecule has 3 N–H and O–H groups in total. The van der Waals surface area contributed by atoms with E-state index in [4.69, 9.17) is 5.73 Å². The zero-order chi connectivity index (χ0) is 13.3. The average Bonchev–Trinajstić information content (AvgIpc) is 2.47. The Hall–Kier alpha value is -2.62. The normalized spacial score (nSPS) is 11.7. The summed E-state index contributed by atoms with van der Waals surface area (Å²) in [4.78, 5) is 4.20. The van der Waals surface area contributed by atoms with Crippen LogP contribution in [0.5, 0.6) is 0 Å². The molecule has 0 unspecified atom stereocenters. The van der Waals surface area contributed by atoms with Gasteiger partial charge in [-0.2, -0.15) is 5.10 Å². The van der Waals surface area contributed by atoms with Crippen molar-refractivity contribution >= 4 is 12.2 Å². The summed E-state index contributed by atoms with van der Waals surface area (Å²) >= 11 is 0.